The number of hydrogen-bond donors (Lipinski definition) is 2. The number of nitrogens with one attached hydrogen (secondary N) is 1. The van der Waals surface area contributed by atoms with Gasteiger partial charge in [0.1, 0.15) is 6.33 Å². The molecule has 0 saturated heterocycles. The zero-order chi connectivity index (χ0) is 12.3. The molecule has 1 atom stereocenters. The number of benzene rings is 1. The normalized spacial score (nSPS) is 12.1. The molecule has 1 aromatic carbocycles. The summed E-state index contributed by atoms with van der Waals surface area (Å²) < 4.78 is 0. The van der Waals surface area contributed by atoms with E-state index in [2.05, 4.69) is 41.3 Å². The second-order valence-corrected chi connectivity index (χ2v) is 4.05. The maximum Gasteiger partial charge on any atom is 0.153 e. The van der Waals surface area contributed by atoms with Crippen molar-refractivity contribution < 1.29 is 0 Å². The van der Waals surface area contributed by atoms with Gasteiger partial charge in [0.15, 0.2) is 5.82 Å². The molecule has 0 spiro atoms. The highest BCUT2D eigenvalue weighted by Crippen LogP contribution is 2.23. The number of nitrogens with two attached hydrogens (primary N) is 1. The highest BCUT2D eigenvalue weighted by atomic mass is 15.0. The van der Waals surface area contributed by atoms with Crippen molar-refractivity contribution in [3.8, 4) is 0 Å². The van der Waals surface area contributed by atoms with Crippen molar-refractivity contribution in [1.82, 2.24) is 9.97 Å². The van der Waals surface area contributed by atoms with E-state index < -0.39 is 0 Å². The number of aromatic nitrogens is 2. The van der Waals surface area contributed by atoms with E-state index >= 15 is 0 Å². The van der Waals surface area contributed by atoms with Gasteiger partial charge in [-0.15, -0.1) is 0 Å². The van der Waals surface area contributed by atoms with Crippen LogP contribution in [0, 0.1) is 6.92 Å². The number of nitrogens with zero attached hydrogens (tertiary/aromatic N) is 2. The smallest absolute Gasteiger partial charge is 0.153 e. The Labute approximate surface area is 101 Å². The number of hydrogen-bond acceptors (Lipinski definition) is 4. The molecule has 0 saturated carbocycles. The van der Waals surface area contributed by atoms with Crippen LogP contribution in [0.4, 0.5) is 11.5 Å². The van der Waals surface area contributed by atoms with Crippen molar-refractivity contribution in [1.29, 1.82) is 0 Å². The minimum atomic E-state index is 0.161. The predicted octanol–water partition coefficient (Wildman–Crippen LogP) is 2.54. The highest BCUT2D eigenvalue weighted by Gasteiger charge is 2.09. The Morgan fingerprint density at radius 1 is 1.29 bits per heavy atom. The van der Waals surface area contributed by atoms with Crippen LogP contribution in [0.5, 0.6) is 0 Å². The van der Waals surface area contributed by atoms with Crippen molar-refractivity contribution in [3.05, 3.63) is 47.9 Å². The molecular weight excluding hydrogens is 212 g/mol. The number of rotatable bonds is 3. The van der Waals surface area contributed by atoms with Gasteiger partial charge in [0.25, 0.3) is 0 Å². The van der Waals surface area contributed by atoms with E-state index in [4.69, 9.17) is 5.73 Å². The van der Waals surface area contributed by atoms with Crippen molar-refractivity contribution in [2.45, 2.75) is 19.9 Å². The Morgan fingerprint density at radius 2 is 2.06 bits per heavy atom. The lowest BCUT2D eigenvalue weighted by molar-refractivity contribution is 0.863. The topological polar surface area (TPSA) is 63.8 Å². The Balaban J connectivity index is 2.20. The molecule has 0 aliphatic rings. The zero-order valence-corrected chi connectivity index (χ0v) is 10.0. The van der Waals surface area contributed by atoms with Crippen LogP contribution in [0.2, 0.25) is 0 Å². The summed E-state index contributed by atoms with van der Waals surface area (Å²) in [7, 11) is 0. The fraction of sp³-hybridized carbons (Fsp3) is 0.231. The van der Waals surface area contributed by atoms with Crippen LogP contribution in [0.15, 0.2) is 36.8 Å². The van der Waals surface area contributed by atoms with E-state index in [-0.39, 0.29) is 6.04 Å². The highest BCUT2D eigenvalue weighted by molar-refractivity contribution is 5.60. The number of nitrogen functional groups attached to an aromatic ring is 1. The van der Waals surface area contributed by atoms with E-state index in [0.29, 0.717) is 11.5 Å². The average Bonchev–Trinajstić information content (AvgIpc) is 2.32. The van der Waals surface area contributed by atoms with Gasteiger partial charge >= 0.3 is 0 Å². The van der Waals surface area contributed by atoms with E-state index in [1.807, 2.05) is 12.1 Å². The lowest BCUT2D eigenvalue weighted by atomic mass is 10.0. The summed E-state index contributed by atoms with van der Waals surface area (Å²) >= 11 is 0. The monoisotopic (exact) mass is 228 g/mol. The van der Waals surface area contributed by atoms with Gasteiger partial charge in [-0.25, -0.2) is 9.97 Å². The molecule has 1 aromatic heterocycles. The van der Waals surface area contributed by atoms with E-state index in [0.717, 1.165) is 0 Å². The fourth-order valence-corrected chi connectivity index (χ4v) is 1.82. The third-order valence-electron chi connectivity index (χ3n) is 2.75. The molecule has 4 nitrogen and oxygen atoms in total. The van der Waals surface area contributed by atoms with Gasteiger partial charge < -0.3 is 11.1 Å². The van der Waals surface area contributed by atoms with Crippen LogP contribution in [0.1, 0.15) is 24.1 Å². The first kappa shape index (κ1) is 11.4. The second-order valence-electron chi connectivity index (χ2n) is 4.05. The van der Waals surface area contributed by atoms with Crippen molar-refractivity contribution in [3.63, 3.8) is 0 Å². The van der Waals surface area contributed by atoms with Crippen LogP contribution in [0.25, 0.3) is 0 Å². The summed E-state index contributed by atoms with van der Waals surface area (Å²) in [6.07, 6.45) is 3.09. The molecule has 4 heteroatoms. The fourth-order valence-electron chi connectivity index (χ4n) is 1.82. The SMILES string of the molecule is Cc1ccccc1C(C)Nc1ncncc1N. The van der Waals surface area contributed by atoms with Gasteiger partial charge in [-0.2, -0.15) is 0 Å². The Bertz CT molecular complexity index is 510. The lowest BCUT2D eigenvalue weighted by Gasteiger charge is -2.17. The Hall–Kier alpha value is -2.10. The van der Waals surface area contributed by atoms with Crippen LogP contribution < -0.4 is 11.1 Å². The molecular formula is C13H16N4. The minimum Gasteiger partial charge on any atom is -0.394 e. The van der Waals surface area contributed by atoms with E-state index in [1.165, 1.54) is 17.5 Å². The molecule has 0 amide bonds. The summed E-state index contributed by atoms with van der Waals surface area (Å²) in [5, 5.41) is 3.29. The molecule has 0 fully saturated rings. The van der Waals surface area contributed by atoms with Crippen LogP contribution in [-0.2, 0) is 0 Å². The standard InChI is InChI=1S/C13H16N4/c1-9-5-3-4-6-11(9)10(2)17-13-12(14)7-15-8-16-13/h3-8,10H,14H2,1-2H3,(H,15,16,17). The quantitative estimate of drug-likeness (QED) is 0.847. The second kappa shape index (κ2) is 4.82. The van der Waals surface area contributed by atoms with Gasteiger partial charge in [-0.3, -0.25) is 0 Å². The van der Waals surface area contributed by atoms with Gasteiger partial charge in [0.2, 0.25) is 0 Å². The molecule has 2 aromatic rings. The van der Waals surface area contributed by atoms with Crippen LogP contribution in [0.3, 0.4) is 0 Å². The molecule has 0 aliphatic carbocycles. The van der Waals surface area contributed by atoms with Gasteiger partial charge in [0, 0.05) is 0 Å². The summed E-state index contributed by atoms with van der Waals surface area (Å²) in [6, 6.07) is 8.42. The van der Waals surface area contributed by atoms with Crippen molar-refractivity contribution in [2.75, 3.05) is 11.1 Å². The van der Waals surface area contributed by atoms with E-state index in [9.17, 15) is 0 Å². The molecule has 0 bridgehead atoms. The molecule has 1 heterocycles. The average molecular weight is 228 g/mol. The first-order chi connectivity index (χ1) is 8.18. The van der Waals surface area contributed by atoms with Crippen LogP contribution in [-0.4, -0.2) is 9.97 Å². The summed E-state index contributed by atoms with van der Waals surface area (Å²) in [6.45, 7) is 4.18. The number of anilines is 2. The third kappa shape index (κ3) is 2.53. The van der Waals surface area contributed by atoms with E-state index in [1.54, 1.807) is 6.20 Å². The largest absolute Gasteiger partial charge is 0.394 e. The summed E-state index contributed by atoms with van der Waals surface area (Å²) in [5.41, 5.74) is 8.85. The number of aryl methyl sites for hydroxylation is 1. The zero-order valence-electron chi connectivity index (χ0n) is 10.0. The maximum absolute atomic E-state index is 5.80. The molecule has 0 aliphatic heterocycles. The van der Waals surface area contributed by atoms with Crippen molar-refractivity contribution >= 4 is 11.5 Å². The van der Waals surface area contributed by atoms with Crippen molar-refractivity contribution in [2.24, 2.45) is 0 Å². The molecule has 1 unspecified atom stereocenters. The first-order valence-corrected chi connectivity index (χ1v) is 5.56. The third-order valence-corrected chi connectivity index (χ3v) is 2.75. The molecule has 88 valence electrons. The Morgan fingerprint density at radius 3 is 2.76 bits per heavy atom. The maximum atomic E-state index is 5.80. The minimum absolute atomic E-state index is 0.161. The summed E-state index contributed by atoms with van der Waals surface area (Å²) in [4.78, 5) is 7.99. The molecule has 0 radical (unpaired) electrons. The molecule has 3 N–H and O–H groups in total. The molecule has 17 heavy (non-hydrogen) atoms. The van der Waals surface area contributed by atoms with Gasteiger partial charge in [-0.1, -0.05) is 24.3 Å². The Kier molecular flexibility index (Phi) is 3.23. The summed E-state index contributed by atoms with van der Waals surface area (Å²) in [5.74, 6) is 0.677. The van der Waals surface area contributed by atoms with Gasteiger partial charge in [0.05, 0.1) is 17.9 Å². The molecule has 2 rings (SSSR count). The van der Waals surface area contributed by atoms with Crippen LogP contribution >= 0.6 is 0 Å². The predicted molar refractivity (Wildman–Crippen MR) is 69.7 cm³/mol. The van der Waals surface area contributed by atoms with Gasteiger partial charge in [-0.05, 0) is 25.0 Å². The first-order valence-electron chi connectivity index (χ1n) is 5.56. The lowest BCUT2D eigenvalue weighted by Crippen LogP contribution is -2.11.